The number of rotatable bonds is 6. The number of amides is 1. The van der Waals surface area contributed by atoms with Crippen molar-refractivity contribution < 1.29 is 17.9 Å². The third-order valence-electron chi connectivity index (χ3n) is 5.17. The summed E-state index contributed by atoms with van der Waals surface area (Å²) in [4.78, 5) is 12.7. The molecule has 0 spiro atoms. The summed E-state index contributed by atoms with van der Waals surface area (Å²) in [5.74, 6) is 0.111. The Labute approximate surface area is 195 Å². The lowest BCUT2D eigenvalue weighted by Crippen LogP contribution is -2.39. The van der Waals surface area contributed by atoms with E-state index in [1.807, 2.05) is 0 Å². The van der Waals surface area contributed by atoms with Gasteiger partial charge in [-0.3, -0.25) is 4.79 Å². The quantitative estimate of drug-likeness (QED) is 0.557. The van der Waals surface area contributed by atoms with Crippen molar-refractivity contribution in [3.8, 4) is 5.75 Å². The van der Waals surface area contributed by atoms with Gasteiger partial charge in [0.1, 0.15) is 10.8 Å². The Morgan fingerprint density at radius 1 is 1.16 bits per heavy atom. The second kappa shape index (κ2) is 9.53. The zero-order valence-electron chi connectivity index (χ0n) is 17.2. The molecule has 32 heavy (non-hydrogen) atoms. The van der Waals surface area contributed by atoms with Gasteiger partial charge in [-0.1, -0.05) is 22.9 Å². The lowest BCUT2D eigenvalue weighted by atomic mass is 10.0. The van der Waals surface area contributed by atoms with Crippen molar-refractivity contribution in [2.45, 2.75) is 23.7 Å². The number of nitrogens with one attached hydrogen (secondary N) is 1. The van der Waals surface area contributed by atoms with Gasteiger partial charge in [0.05, 0.1) is 12.0 Å². The third kappa shape index (κ3) is 4.93. The Bertz CT molecular complexity index is 1200. The van der Waals surface area contributed by atoms with Crippen molar-refractivity contribution in [1.82, 2.24) is 14.5 Å². The molecule has 1 N–H and O–H groups in total. The molecule has 2 heterocycles. The van der Waals surface area contributed by atoms with Gasteiger partial charge in [-0.2, -0.15) is 4.31 Å². The van der Waals surface area contributed by atoms with Crippen LogP contribution in [0.5, 0.6) is 5.75 Å². The fraction of sp³-hybridized carbons (Fsp3) is 0.286. The molecule has 1 aromatic heterocycles. The number of aromatic nitrogens is 2. The van der Waals surface area contributed by atoms with Gasteiger partial charge in [-0.15, -0.1) is 10.2 Å². The average Bonchev–Trinajstić information content (AvgIpc) is 3.31. The summed E-state index contributed by atoms with van der Waals surface area (Å²) in [5.41, 5.74) is 0.602. The van der Waals surface area contributed by atoms with Gasteiger partial charge in [0.15, 0.2) is 0 Å². The van der Waals surface area contributed by atoms with Crippen LogP contribution in [0.1, 0.15) is 33.6 Å². The lowest BCUT2D eigenvalue weighted by Gasteiger charge is -2.30. The molecule has 2 aromatic carbocycles. The number of benzene rings is 2. The van der Waals surface area contributed by atoms with Crippen molar-refractivity contribution in [3.05, 3.63) is 63.6 Å². The molecule has 0 aliphatic carbocycles. The number of piperidine rings is 1. The second-order valence-corrected chi connectivity index (χ2v) is 10.7. The molecule has 1 saturated heterocycles. The van der Waals surface area contributed by atoms with Crippen LogP contribution in [0.4, 0.5) is 5.69 Å². The molecule has 1 aliphatic rings. The van der Waals surface area contributed by atoms with E-state index in [0.29, 0.717) is 41.0 Å². The summed E-state index contributed by atoms with van der Waals surface area (Å²) in [7, 11) is -2.11. The van der Waals surface area contributed by atoms with Crippen LogP contribution in [0, 0.1) is 0 Å². The predicted octanol–water partition coefficient (Wildman–Crippen LogP) is 4.02. The normalized spacial score (nSPS) is 17.1. The lowest BCUT2D eigenvalue weighted by molar-refractivity contribution is 0.102. The minimum absolute atomic E-state index is 0.119. The monoisotopic (exact) mass is 492 g/mol. The highest BCUT2D eigenvalue weighted by molar-refractivity contribution is 7.89. The molecule has 4 rings (SSSR count). The Morgan fingerprint density at radius 3 is 2.56 bits per heavy atom. The highest BCUT2D eigenvalue weighted by Gasteiger charge is 2.32. The first-order chi connectivity index (χ1) is 15.4. The molecule has 1 amide bonds. The van der Waals surface area contributed by atoms with Crippen molar-refractivity contribution in [2.24, 2.45) is 0 Å². The molecule has 1 aliphatic heterocycles. The van der Waals surface area contributed by atoms with Crippen LogP contribution in [0.25, 0.3) is 0 Å². The molecule has 1 fully saturated rings. The van der Waals surface area contributed by atoms with Crippen LogP contribution in [-0.4, -0.2) is 49.0 Å². The van der Waals surface area contributed by atoms with Gasteiger partial charge >= 0.3 is 0 Å². The minimum Gasteiger partial charge on any atom is -0.497 e. The summed E-state index contributed by atoms with van der Waals surface area (Å²) in [5, 5.41) is 12.4. The summed E-state index contributed by atoms with van der Waals surface area (Å²) in [6.45, 7) is 0.732. The number of hydrogen-bond acceptors (Lipinski definition) is 7. The fourth-order valence-electron chi connectivity index (χ4n) is 3.47. The van der Waals surface area contributed by atoms with Gasteiger partial charge in [0.25, 0.3) is 5.91 Å². The number of halogens is 1. The van der Waals surface area contributed by atoms with Crippen molar-refractivity contribution in [3.63, 3.8) is 0 Å². The molecular weight excluding hydrogens is 472 g/mol. The van der Waals surface area contributed by atoms with E-state index in [1.54, 1.807) is 48.5 Å². The number of anilines is 1. The summed E-state index contributed by atoms with van der Waals surface area (Å²) in [6.07, 6.45) is 1.48. The molecular formula is C21H21ClN4O4S2. The minimum atomic E-state index is -3.64. The fourth-order valence-corrected chi connectivity index (χ4v) is 5.98. The number of nitrogens with zero attached hydrogens (tertiary/aromatic N) is 3. The first-order valence-corrected chi connectivity index (χ1v) is 12.5. The largest absolute Gasteiger partial charge is 0.497 e. The van der Waals surface area contributed by atoms with Gasteiger partial charge < -0.3 is 10.1 Å². The van der Waals surface area contributed by atoms with Crippen LogP contribution in [-0.2, 0) is 10.0 Å². The van der Waals surface area contributed by atoms with E-state index in [-0.39, 0.29) is 21.7 Å². The molecule has 11 heteroatoms. The number of carbonyl (C=O) groups is 1. The molecule has 0 radical (unpaired) electrons. The smallest absolute Gasteiger partial charge is 0.286 e. The number of carbonyl (C=O) groups excluding carboxylic acids is 1. The number of methoxy groups -OCH3 is 1. The highest BCUT2D eigenvalue weighted by atomic mass is 35.5. The van der Waals surface area contributed by atoms with Gasteiger partial charge in [0, 0.05) is 29.7 Å². The average molecular weight is 493 g/mol. The summed E-state index contributed by atoms with van der Waals surface area (Å²) < 4.78 is 32.7. The zero-order valence-corrected chi connectivity index (χ0v) is 19.6. The number of ether oxygens (including phenoxy) is 1. The Balaban J connectivity index is 1.46. The third-order valence-corrected chi connectivity index (χ3v) is 8.38. The van der Waals surface area contributed by atoms with E-state index in [2.05, 4.69) is 15.5 Å². The summed E-state index contributed by atoms with van der Waals surface area (Å²) in [6, 6.07) is 13.1. The maximum Gasteiger partial charge on any atom is 0.286 e. The van der Waals surface area contributed by atoms with Gasteiger partial charge in [0.2, 0.25) is 15.0 Å². The molecule has 1 atom stereocenters. The Kier molecular flexibility index (Phi) is 6.75. The van der Waals surface area contributed by atoms with Crippen molar-refractivity contribution in [1.29, 1.82) is 0 Å². The molecule has 168 valence electrons. The van der Waals surface area contributed by atoms with E-state index in [1.165, 1.54) is 22.8 Å². The van der Waals surface area contributed by atoms with E-state index in [0.717, 1.165) is 6.42 Å². The first kappa shape index (κ1) is 22.7. The van der Waals surface area contributed by atoms with E-state index < -0.39 is 10.0 Å². The topological polar surface area (TPSA) is 101 Å². The molecule has 0 unspecified atom stereocenters. The van der Waals surface area contributed by atoms with E-state index >= 15 is 0 Å². The molecule has 0 saturated carbocycles. The number of sulfonamides is 1. The Morgan fingerprint density at radius 2 is 1.88 bits per heavy atom. The zero-order chi connectivity index (χ0) is 22.7. The van der Waals surface area contributed by atoms with Crippen LogP contribution >= 0.6 is 22.9 Å². The molecule has 3 aromatic rings. The van der Waals surface area contributed by atoms with Crippen molar-refractivity contribution in [2.75, 3.05) is 25.5 Å². The van der Waals surface area contributed by atoms with Crippen LogP contribution < -0.4 is 10.1 Å². The predicted molar refractivity (Wildman–Crippen MR) is 123 cm³/mol. The first-order valence-electron chi connectivity index (χ1n) is 9.91. The second-order valence-electron chi connectivity index (χ2n) is 7.28. The van der Waals surface area contributed by atoms with Crippen LogP contribution in [0.3, 0.4) is 0 Å². The number of hydrogen-bond donors (Lipinski definition) is 1. The van der Waals surface area contributed by atoms with E-state index in [9.17, 15) is 13.2 Å². The maximum absolute atomic E-state index is 13.1. The molecule has 8 nitrogen and oxygen atoms in total. The molecule has 0 bridgehead atoms. The van der Waals surface area contributed by atoms with Crippen molar-refractivity contribution >= 4 is 44.6 Å². The van der Waals surface area contributed by atoms with Gasteiger partial charge in [-0.05, 0) is 61.4 Å². The van der Waals surface area contributed by atoms with Crippen LogP contribution in [0.2, 0.25) is 5.02 Å². The highest BCUT2D eigenvalue weighted by Crippen LogP contribution is 2.32. The Hall–Kier alpha value is -2.53. The van der Waals surface area contributed by atoms with Gasteiger partial charge in [-0.25, -0.2) is 8.42 Å². The maximum atomic E-state index is 13.1. The standard InChI is InChI=1S/C21H21ClN4O4S2/c1-30-17-8-10-18(11-9-17)32(28,29)26-12-2-3-14(13-26)20-24-25-21(31-20)19(27)23-16-6-4-15(22)5-7-16/h4-11,14H,2-3,12-13H2,1H3,(H,23,27)/t14-/m1/s1. The summed E-state index contributed by atoms with van der Waals surface area (Å²) >= 11 is 7.05. The van der Waals surface area contributed by atoms with Crippen LogP contribution in [0.15, 0.2) is 53.4 Å². The SMILES string of the molecule is COc1ccc(S(=O)(=O)N2CCC[C@@H](c3nnc(C(=O)Nc4ccc(Cl)cc4)s3)C2)cc1. The van der Waals surface area contributed by atoms with E-state index in [4.69, 9.17) is 16.3 Å².